The van der Waals surface area contributed by atoms with E-state index in [1.807, 2.05) is 26.0 Å². The van der Waals surface area contributed by atoms with Crippen molar-refractivity contribution in [1.29, 1.82) is 0 Å². The van der Waals surface area contributed by atoms with Crippen LogP contribution in [-0.4, -0.2) is 31.2 Å². The zero-order valence-electron chi connectivity index (χ0n) is 16.2. The predicted octanol–water partition coefficient (Wildman–Crippen LogP) is 5.32. The maximum absolute atomic E-state index is 10.7. The highest BCUT2D eigenvalue weighted by atomic mass is 35.5. The van der Waals surface area contributed by atoms with Crippen LogP contribution in [0.2, 0.25) is 10.0 Å². The zero-order valence-corrected chi connectivity index (χ0v) is 18.5. The molecule has 0 atom stereocenters. The molecule has 2 N–H and O–H groups in total. The normalized spacial score (nSPS) is 10.2. The minimum atomic E-state index is -0.477. The molecule has 29 heavy (non-hydrogen) atoms. The quantitative estimate of drug-likeness (QED) is 0.266. The van der Waals surface area contributed by atoms with E-state index in [0.717, 1.165) is 5.56 Å². The van der Waals surface area contributed by atoms with Gasteiger partial charge >= 0.3 is 0 Å². The lowest BCUT2D eigenvalue weighted by atomic mass is 10.2. The number of halogens is 3. The van der Waals surface area contributed by atoms with Crippen molar-refractivity contribution in [3.8, 4) is 11.5 Å². The molecule has 2 aromatic carbocycles. The van der Waals surface area contributed by atoms with Gasteiger partial charge in [0.1, 0.15) is 0 Å². The van der Waals surface area contributed by atoms with Crippen molar-refractivity contribution >= 4 is 47.0 Å². The number of nitro benzene ring substituents is 1. The Balaban J connectivity index is 0.00000420. The minimum absolute atomic E-state index is 0. The molecular weight excluding hydrogens is 441 g/mol. The summed E-state index contributed by atoms with van der Waals surface area (Å²) in [5.41, 5.74) is 1.59. The topological polar surface area (TPSA) is 85.7 Å². The molecule has 0 heterocycles. The third-order valence-corrected chi connectivity index (χ3v) is 4.36. The number of nitrogens with zero attached hydrogens (tertiary/aromatic N) is 1. The van der Waals surface area contributed by atoms with Gasteiger partial charge in [-0.3, -0.25) is 10.1 Å². The third-order valence-electron chi connectivity index (χ3n) is 3.77. The maximum Gasteiger partial charge on any atom is 0.271 e. The van der Waals surface area contributed by atoms with Gasteiger partial charge in [-0.2, -0.15) is 0 Å². The van der Waals surface area contributed by atoms with Crippen molar-refractivity contribution in [2.45, 2.75) is 20.4 Å². The van der Waals surface area contributed by atoms with Gasteiger partial charge in [-0.1, -0.05) is 23.2 Å². The highest BCUT2D eigenvalue weighted by molar-refractivity contribution is 6.33. The number of anilines is 1. The van der Waals surface area contributed by atoms with E-state index in [-0.39, 0.29) is 18.1 Å². The molecule has 0 saturated heterocycles. The van der Waals surface area contributed by atoms with Crippen molar-refractivity contribution in [2.24, 2.45) is 0 Å². The monoisotopic (exact) mass is 463 g/mol. The Morgan fingerprint density at radius 3 is 2.38 bits per heavy atom. The first-order valence-corrected chi connectivity index (χ1v) is 9.68. The lowest BCUT2D eigenvalue weighted by Gasteiger charge is -2.15. The summed E-state index contributed by atoms with van der Waals surface area (Å²) in [7, 11) is 0. The number of rotatable bonds is 11. The predicted molar refractivity (Wildman–Crippen MR) is 119 cm³/mol. The number of nitrogens with one attached hydrogen (secondary N) is 2. The second-order valence-electron chi connectivity index (χ2n) is 5.80. The summed E-state index contributed by atoms with van der Waals surface area (Å²) in [4.78, 5) is 10.3. The van der Waals surface area contributed by atoms with Gasteiger partial charge in [-0.05, 0) is 37.6 Å². The van der Waals surface area contributed by atoms with E-state index in [9.17, 15) is 10.1 Å². The highest BCUT2D eigenvalue weighted by Gasteiger charge is 2.12. The van der Waals surface area contributed by atoms with Crippen LogP contribution in [0.4, 0.5) is 11.4 Å². The summed E-state index contributed by atoms with van der Waals surface area (Å²) >= 11 is 12.4. The molecule has 0 aliphatic heterocycles. The van der Waals surface area contributed by atoms with Crippen LogP contribution in [0.1, 0.15) is 19.4 Å². The Hall–Kier alpha value is -1.93. The van der Waals surface area contributed by atoms with Crippen molar-refractivity contribution in [3.63, 3.8) is 0 Å². The number of hydrogen-bond acceptors (Lipinski definition) is 6. The smallest absolute Gasteiger partial charge is 0.271 e. The first-order chi connectivity index (χ1) is 13.5. The van der Waals surface area contributed by atoms with E-state index in [4.69, 9.17) is 32.7 Å². The van der Waals surface area contributed by atoms with E-state index in [2.05, 4.69) is 10.6 Å². The van der Waals surface area contributed by atoms with Gasteiger partial charge < -0.3 is 20.1 Å². The highest BCUT2D eigenvalue weighted by Crippen LogP contribution is 2.36. The number of benzene rings is 2. The molecule has 7 nitrogen and oxygen atoms in total. The summed E-state index contributed by atoms with van der Waals surface area (Å²) in [5.74, 6) is 1.19. The number of ether oxygens (including phenoxy) is 2. The Morgan fingerprint density at radius 1 is 1.03 bits per heavy atom. The van der Waals surface area contributed by atoms with Gasteiger partial charge in [0.2, 0.25) is 0 Å². The van der Waals surface area contributed by atoms with Gasteiger partial charge in [-0.15, -0.1) is 12.4 Å². The number of nitro groups is 1. The first kappa shape index (κ1) is 25.1. The summed E-state index contributed by atoms with van der Waals surface area (Å²) < 4.78 is 11.2. The molecule has 0 radical (unpaired) electrons. The molecule has 10 heteroatoms. The third kappa shape index (κ3) is 7.44. The van der Waals surface area contributed by atoms with Crippen LogP contribution in [0.25, 0.3) is 0 Å². The van der Waals surface area contributed by atoms with E-state index < -0.39 is 4.92 Å². The van der Waals surface area contributed by atoms with Crippen molar-refractivity contribution in [3.05, 3.63) is 56.1 Å². The Morgan fingerprint density at radius 2 is 1.76 bits per heavy atom. The van der Waals surface area contributed by atoms with Gasteiger partial charge in [-0.25, -0.2) is 0 Å². The van der Waals surface area contributed by atoms with Gasteiger partial charge in [0.05, 0.1) is 33.9 Å². The van der Waals surface area contributed by atoms with Crippen LogP contribution in [0.5, 0.6) is 11.5 Å². The number of hydrogen-bond donors (Lipinski definition) is 2. The summed E-state index contributed by atoms with van der Waals surface area (Å²) in [6, 6.07) is 8.10. The molecule has 2 aromatic rings. The Labute approximate surface area is 186 Å². The molecule has 0 aliphatic rings. The number of non-ortho nitro benzene ring substituents is 1. The maximum atomic E-state index is 10.7. The second kappa shape index (κ2) is 12.6. The van der Waals surface area contributed by atoms with E-state index in [0.29, 0.717) is 60.1 Å². The van der Waals surface area contributed by atoms with Gasteiger partial charge in [0.15, 0.2) is 11.5 Å². The fraction of sp³-hybridized carbons (Fsp3) is 0.368. The molecule has 2 rings (SSSR count). The summed E-state index contributed by atoms with van der Waals surface area (Å²) in [6.07, 6.45) is 0. The molecule has 0 amide bonds. The van der Waals surface area contributed by atoms with Crippen LogP contribution in [0.3, 0.4) is 0 Å². The van der Waals surface area contributed by atoms with Crippen molar-refractivity contribution in [1.82, 2.24) is 5.32 Å². The van der Waals surface area contributed by atoms with Crippen LogP contribution >= 0.6 is 35.6 Å². The van der Waals surface area contributed by atoms with E-state index in [1.54, 1.807) is 6.07 Å². The Bertz CT molecular complexity index is 822. The summed E-state index contributed by atoms with van der Waals surface area (Å²) in [5, 5.41) is 18.0. The van der Waals surface area contributed by atoms with Crippen LogP contribution in [-0.2, 0) is 6.54 Å². The fourth-order valence-corrected chi connectivity index (χ4v) is 3.08. The first-order valence-electron chi connectivity index (χ1n) is 8.92. The van der Waals surface area contributed by atoms with E-state index >= 15 is 0 Å². The van der Waals surface area contributed by atoms with Crippen molar-refractivity contribution < 1.29 is 14.4 Å². The Kier molecular flexibility index (Phi) is 10.9. The molecular formula is C19H24Cl3N3O4. The molecule has 0 aliphatic carbocycles. The molecule has 0 saturated carbocycles. The van der Waals surface area contributed by atoms with E-state index in [1.165, 1.54) is 12.1 Å². The second-order valence-corrected chi connectivity index (χ2v) is 6.61. The van der Waals surface area contributed by atoms with Crippen LogP contribution in [0.15, 0.2) is 30.3 Å². The molecule has 0 spiro atoms. The minimum Gasteiger partial charge on any atom is -0.490 e. The molecule has 0 fully saturated rings. The van der Waals surface area contributed by atoms with Gasteiger partial charge in [0, 0.05) is 31.8 Å². The van der Waals surface area contributed by atoms with Crippen LogP contribution < -0.4 is 20.1 Å². The van der Waals surface area contributed by atoms with Crippen LogP contribution in [0, 0.1) is 10.1 Å². The molecule has 160 valence electrons. The fourth-order valence-electron chi connectivity index (χ4n) is 2.55. The largest absolute Gasteiger partial charge is 0.490 e. The lowest BCUT2D eigenvalue weighted by Crippen LogP contribution is -2.22. The lowest BCUT2D eigenvalue weighted by molar-refractivity contribution is -0.384. The SMILES string of the molecule is CCOc1cc(CNCCNc2ccc([N+](=O)[O-])cc2Cl)cc(Cl)c1OCC.Cl. The van der Waals surface area contributed by atoms with Crippen molar-refractivity contribution in [2.75, 3.05) is 31.6 Å². The molecule has 0 unspecified atom stereocenters. The van der Waals surface area contributed by atoms with Gasteiger partial charge in [0.25, 0.3) is 5.69 Å². The molecule has 0 bridgehead atoms. The average molecular weight is 465 g/mol. The zero-order chi connectivity index (χ0) is 20.5. The summed E-state index contributed by atoms with van der Waals surface area (Å²) in [6.45, 7) is 6.68. The standard InChI is InChI=1S/C19H23Cl2N3O4.ClH/c1-3-27-18-10-13(9-16(21)19(18)28-4-2)12-22-7-8-23-17-6-5-14(24(25)26)11-15(17)20;/h5-6,9-11,22-23H,3-4,7-8,12H2,1-2H3;1H. The molecule has 0 aromatic heterocycles. The average Bonchev–Trinajstić information content (AvgIpc) is 2.65.